The van der Waals surface area contributed by atoms with Crippen LogP contribution >= 0.6 is 0 Å². The molecule has 2 rings (SSSR count). The number of rotatable bonds is 14. The normalized spacial score (nSPS) is 18.9. The molecule has 1 aliphatic rings. The number of aryl methyl sites for hydroxylation is 1. The Kier molecular flexibility index (Phi) is 11.0. The lowest BCUT2D eigenvalue weighted by atomic mass is 10.0. The van der Waals surface area contributed by atoms with Crippen molar-refractivity contribution >= 4 is 0 Å². The van der Waals surface area contributed by atoms with E-state index in [1.54, 1.807) is 0 Å². The molecule has 0 amide bonds. The van der Waals surface area contributed by atoms with E-state index in [1.165, 1.54) is 81.9 Å². The molecule has 3 N–H and O–H groups in total. The number of nitrogens with two attached hydrogens (primary N) is 1. The fraction of sp³-hybridized carbons (Fsp3) is 0.783. The lowest BCUT2D eigenvalue weighted by molar-refractivity contribution is 0.317. The summed E-state index contributed by atoms with van der Waals surface area (Å²) in [4.78, 5) is 6.95. The minimum absolute atomic E-state index is 0.423. The van der Waals surface area contributed by atoms with Gasteiger partial charge in [0.1, 0.15) is 0 Å². The Balaban J connectivity index is 1.50. The summed E-state index contributed by atoms with van der Waals surface area (Å²) >= 11 is 0. The molecule has 0 aromatic carbocycles. The van der Waals surface area contributed by atoms with E-state index in [4.69, 9.17) is 5.73 Å². The lowest BCUT2D eigenvalue weighted by Crippen LogP contribution is -2.20. The van der Waals surface area contributed by atoms with Crippen LogP contribution in [0, 0.1) is 0 Å². The highest BCUT2D eigenvalue weighted by atomic mass is 15.1. The van der Waals surface area contributed by atoms with Gasteiger partial charge in [-0.25, -0.2) is 0 Å². The van der Waals surface area contributed by atoms with Crippen LogP contribution in [0.3, 0.4) is 0 Å². The third-order valence-corrected chi connectivity index (χ3v) is 5.90. The van der Waals surface area contributed by atoms with Crippen molar-refractivity contribution in [3.05, 3.63) is 29.6 Å². The second-order valence-electron chi connectivity index (χ2n) is 8.37. The standard InChI is InChI=1S/C23H42N4/c1-3-4-11-22(24)12-6-5-7-14-25-15-8-10-20-17-21(19-26-18-20)23-13-9-16-27(23)2/h17-19,22-23,25H,3-16,24H2,1-2H3/t22?,23-/m0/s1. The highest BCUT2D eigenvalue weighted by Crippen LogP contribution is 2.30. The van der Waals surface area contributed by atoms with Crippen LogP contribution in [0.15, 0.2) is 18.5 Å². The number of hydrogen-bond acceptors (Lipinski definition) is 4. The molecule has 1 aromatic rings. The van der Waals surface area contributed by atoms with Gasteiger partial charge >= 0.3 is 0 Å². The summed E-state index contributed by atoms with van der Waals surface area (Å²) in [5.74, 6) is 0. The molecule has 0 saturated carbocycles. The van der Waals surface area contributed by atoms with Crippen molar-refractivity contribution < 1.29 is 0 Å². The van der Waals surface area contributed by atoms with E-state index >= 15 is 0 Å². The van der Waals surface area contributed by atoms with Crippen LogP contribution < -0.4 is 11.1 Å². The lowest BCUT2D eigenvalue weighted by Gasteiger charge is -2.19. The summed E-state index contributed by atoms with van der Waals surface area (Å²) in [5, 5.41) is 3.59. The van der Waals surface area contributed by atoms with E-state index in [-0.39, 0.29) is 0 Å². The van der Waals surface area contributed by atoms with Gasteiger partial charge in [-0.1, -0.05) is 38.7 Å². The molecule has 2 atom stereocenters. The Bertz CT molecular complexity index is 505. The first kappa shape index (κ1) is 22.3. The first-order chi connectivity index (χ1) is 13.2. The van der Waals surface area contributed by atoms with E-state index in [2.05, 4.69) is 41.4 Å². The zero-order valence-electron chi connectivity index (χ0n) is 17.8. The first-order valence-corrected chi connectivity index (χ1v) is 11.3. The van der Waals surface area contributed by atoms with Crippen molar-refractivity contribution in [1.29, 1.82) is 0 Å². The SMILES string of the molecule is CCCCC(N)CCCCCNCCCc1cncc([C@@H]2CCCN2C)c1. The Labute approximate surface area is 167 Å². The molecule has 0 radical (unpaired) electrons. The monoisotopic (exact) mass is 374 g/mol. The highest BCUT2D eigenvalue weighted by molar-refractivity contribution is 5.22. The van der Waals surface area contributed by atoms with Crippen LogP contribution in [0.25, 0.3) is 0 Å². The molecule has 4 heteroatoms. The summed E-state index contributed by atoms with van der Waals surface area (Å²) < 4.78 is 0. The van der Waals surface area contributed by atoms with Gasteiger partial charge in [-0.3, -0.25) is 9.88 Å². The van der Waals surface area contributed by atoms with Crippen molar-refractivity contribution in [3.63, 3.8) is 0 Å². The van der Waals surface area contributed by atoms with Crippen LogP contribution in [-0.4, -0.2) is 42.6 Å². The van der Waals surface area contributed by atoms with Gasteiger partial charge in [0.2, 0.25) is 0 Å². The van der Waals surface area contributed by atoms with E-state index in [1.807, 2.05) is 6.20 Å². The van der Waals surface area contributed by atoms with E-state index in [0.29, 0.717) is 12.1 Å². The summed E-state index contributed by atoms with van der Waals surface area (Å²) in [7, 11) is 2.23. The van der Waals surface area contributed by atoms with Crippen molar-refractivity contribution in [3.8, 4) is 0 Å². The van der Waals surface area contributed by atoms with Crippen molar-refractivity contribution in [2.45, 2.75) is 89.6 Å². The molecular formula is C23H42N4. The summed E-state index contributed by atoms with van der Waals surface area (Å²) in [6, 6.07) is 3.37. The Morgan fingerprint density at radius 3 is 2.74 bits per heavy atom. The number of hydrogen-bond donors (Lipinski definition) is 2. The predicted molar refractivity (Wildman–Crippen MR) is 116 cm³/mol. The van der Waals surface area contributed by atoms with E-state index < -0.39 is 0 Å². The molecule has 1 aliphatic heterocycles. The van der Waals surface area contributed by atoms with Crippen LogP contribution in [0.4, 0.5) is 0 Å². The quantitative estimate of drug-likeness (QED) is 0.472. The largest absolute Gasteiger partial charge is 0.328 e. The number of likely N-dealkylation sites (tertiary alicyclic amines) is 1. The smallest absolute Gasteiger partial charge is 0.0360 e. The van der Waals surface area contributed by atoms with Gasteiger partial charge in [-0.2, -0.15) is 0 Å². The zero-order chi connectivity index (χ0) is 19.3. The van der Waals surface area contributed by atoms with Gasteiger partial charge in [-0.05, 0) is 82.8 Å². The second-order valence-corrected chi connectivity index (χ2v) is 8.37. The topological polar surface area (TPSA) is 54.2 Å². The average Bonchev–Trinajstić information content (AvgIpc) is 3.11. The van der Waals surface area contributed by atoms with Gasteiger partial charge in [0.15, 0.2) is 0 Å². The number of aromatic nitrogens is 1. The fourth-order valence-electron chi connectivity index (χ4n) is 4.14. The van der Waals surface area contributed by atoms with Gasteiger partial charge in [0, 0.05) is 24.5 Å². The van der Waals surface area contributed by atoms with Crippen molar-refractivity contribution in [1.82, 2.24) is 15.2 Å². The second kappa shape index (κ2) is 13.2. The minimum atomic E-state index is 0.423. The van der Waals surface area contributed by atoms with Gasteiger partial charge in [0.05, 0.1) is 0 Å². The van der Waals surface area contributed by atoms with E-state index in [9.17, 15) is 0 Å². The molecule has 0 spiro atoms. The number of nitrogens with one attached hydrogen (secondary N) is 1. The van der Waals surface area contributed by atoms with Crippen LogP contribution in [0.2, 0.25) is 0 Å². The number of pyridine rings is 1. The molecule has 4 nitrogen and oxygen atoms in total. The maximum absolute atomic E-state index is 6.13. The molecule has 1 unspecified atom stereocenters. The van der Waals surface area contributed by atoms with Crippen molar-refractivity contribution in [2.75, 3.05) is 26.7 Å². The van der Waals surface area contributed by atoms with Gasteiger partial charge < -0.3 is 11.1 Å². The van der Waals surface area contributed by atoms with Gasteiger partial charge in [0.25, 0.3) is 0 Å². The van der Waals surface area contributed by atoms with Crippen molar-refractivity contribution in [2.24, 2.45) is 5.73 Å². The van der Waals surface area contributed by atoms with Crippen LogP contribution in [-0.2, 0) is 6.42 Å². The molecule has 0 bridgehead atoms. The molecule has 0 aliphatic carbocycles. The Hall–Kier alpha value is -0.970. The zero-order valence-corrected chi connectivity index (χ0v) is 17.8. The minimum Gasteiger partial charge on any atom is -0.328 e. The number of nitrogens with zero attached hydrogens (tertiary/aromatic N) is 2. The van der Waals surface area contributed by atoms with Crippen LogP contribution in [0.1, 0.15) is 88.3 Å². The summed E-state index contributed by atoms with van der Waals surface area (Å²) in [6.07, 6.45) is 17.8. The molecule has 154 valence electrons. The molecule has 1 fully saturated rings. The third kappa shape index (κ3) is 8.71. The molecule has 27 heavy (non-hydrogen) atoms. The summed E-state index contributed by atoms with van der Waals surface area (Å²) in [6.45, 7) is 5.68. The maximum atomic E-state index is 6.13. The first-order valence-electron chi connectivity index (χ1n) is 11.3. The maximum Gasteiger partial charge on any atom is 0.0360 e. The molecule has 1 aromatic heterocycles. The molecule has 1 saturated heterocycles. The average molecular weight is 375 g/mol. The Morgan fingerprint density at radius 2 is 1.96 bits per heavy atom. The number of unbranched alkanes of at least 4 members (excludes halogenated alkanes) is 3. The molecule has 2 heterocycles. The van der Waals surface area contributed by atoms with Gasteiger partial charge in [-0.15, -0.1) is 0 Å². The van der Waals surface area contributed by atoms with E-state index in [0.717, 1.165) is 19.5 Å². The molecular weight excluding hydrogens is 332 g/mol. The third-order valence-electron chi connectivity index (χ3n) is 5.90. The predicted octanol–water partition coefficient (Wildman–Crippen LogP) is 4.45. The Morgan fingerprint density at radius 1 is 1.15 bits per heavy atom. The fourth-order valence-corrected chi connectivity index (χ4v) is 4.14. The summed E-state index contributed by atoms with van der Waals surface area (Å²) in [5.41, 5.74) is 8.92. The highest BCUT2D eigenvalue weighted by Gasteiger charge is 2.22. The van der Waals surface area contributed by atoms with Crippen LogP contribution in [0.5, 0.6) is 0 Å².